The Morgan fingerprint density at radius 2 is 1.83 bits per heavy atom. The van der Waals surface area contributed by atoms with Crippen LogP contribution in [-0.2, 0) is 6.42 Å². The number of rotatable bonds is 0. The minimum atomic E-state index is 0.0829. The van der Waals surface area contributed by atoms with Crippen molar-refractivity contribution in [3.63, 3.8) is 0 Å². The number of nitriles is 1. The second-order valence-corrected chi connectivity index (χ2v) is 5.18. The Bertz CT molecular complexity index is 685. The van der Waals surface area contributed by atoms with E-state index < -0.39 is 0 Å². The zero-order chi connectivity index (χ0) is 12.5. The van der Waals surface area contributed by atoms with Gasteiger partial charge in [-0.2, -0.15) is 5.26 Å². The van der Waals surface area contributed by atoms with Crippen LogP contribution >= 0.6 is 11.8 Å². The fourth-order valence-electron chi connectivity index (χ4n) is 2.11. The van der Waals surface area contributed by atoms with Crippen LogP contribution in [0.4, 0.5) is 0 Å². The first-order valence-corrected chi connectivity index (χ1v) is 6.43. The second kappa shape index (κ2) is 4.32. The van der Waals surface area contributed by atoms with E-state index in [1.54, 1.807) is 17.8 Å². The Balaban J connectivity index is 2.21. The fourth-order valence-corrected chi connectivity index (χ4v) is 3.24. The normalized spacial score (nSPS) is 13.2. The van der Waals surface area contributed by atoms with Crippen LogP contribution in [0.5, 0.6) is 0 Å². The average Bonchev–Trinajstić information content (AvgIpc) is 2.54. The molecule has 0 saturated heterocycles. The van der Waals surface area contributed by atoms with Crippen molar-refractivity contribution >= 4 is 17.5 Å². The maximum Gasteiger partial charge on any atom is 0.168 e. The molecule has 0 N–H and O–H groups in total. The molecule has 86 valence electrons. The standard InChI is InChI=1S/C15H9NOS/c16-9-10-4-3-7-15-12(10)8-13(17)11-5-1-2-6-14(11)18-15/h1-7H,8H2. The van der Waals surface area contributed by atoms with Gasteiger partial charge in [-0.25, -0.2) is 0 Å². The zero-order valence-electron chi connectivity index (χ0n) is 9.51. The van der Waals surface area contributed by atoms with E-state index in [0.29, 0.717) is 12.0 Å². The molecule has 0 fully saturated rings. The molecule has 0 amide bonds. The highest BCUT2D eigenvalue weighted by Crippen LogP contribution is 2.37. The molecule has 1 heterocycles. The first-order chi connectivity index (χ1) is 8.79. The molecule has 2 aromatic rings. The third-order valence-electron chi connectivity index (χ3n) is 3.00. The molecule has 0 aromatic heterocycles. The lowest BCUT2D eigenvalue weighted by molar-refractivity contribution is 0.0990. The summed E-state index contributed by atoms with van der Waals surface area (Å²) in [6.07, 6.45) is 0.309. The molecule has 3 heteroatoms. The number of ketones is 1. The van der Waals surface area contributed by atoms with Crippen LogP contribution in [0.15, 0.2) is 52.3 Å². The summed E-state index contributed by atoms with van der Waals surface area (Å²) in [6.45, 7) is 0. The van der Waals surface area contributed by atoms with Crippen LogP contribution in [-0.4, -0.2) is 5.78 Å². The molecule has 1 aliphatic rings. The van der Waals surface area contributed by atoms with Gasteiger partial charge in [0.25, 0.3) is 0 Å². The van der Waals surface area contributed by atoms with Crippen molar-refractivity contribution in [2.75, 3.05) is 0 Å². The van der Waals surface area contributed by atoms with Crippen LogP contribution in [0, 0.1) is 11.3 Å². The lowest BCUT2D eigenvalue weighted by atomic mass is 9.99. The van der Waals surface area contributed by atoms with E-state index in [4.69, 9.17) is 5.26 Å². The number of carbonyl (C=O) groups is 1. The van der Waals surface area contributed by atoms with Gasteiger partial charge in [-0.15, -0.1) is 0 Å². The zero-order valence-corrected chi connectivity index (χ0v) is 10.3. The van der Waals surface area contributed by atoms with Crippen molar-refractivity contribution in [2.45, 2.75) is 16.2 Å². The van der Waals surface area contributed by atoms with Gasteiger partial charge in [0.2, 0.25) is 0 Å². The summed E-state index contributed by atoms with van der Waals surface area (Å²) >= 11 is 1.56. The Hall–Kier alpha value is -2.05. The molecule has 2 aromatic carbocycles. The van der Waals surface area contributed by atoms with Crippen molar-refractivity contribution in [1.29, 1.82) is 5.26 Å². The summed E-state index contributed by atoms with van der Waals surface area (Å²) < 4.78 is 0. The molecule has 2 nitrogen and oxygen atoms in total. The molecular formula is C15H9NOS. The van der Waals surface area contributed by atoms with Gasteiger partial charge in [0, 0.05) is 21.8 Å². The Kier molecular flexibility index (Phi) is 2.66. The molecule has 0 spiro atoms. The topological polar surface area (TPSA) is 40.9 Å². The average molecular weight is 251 g/mol. The quantitative estimate of drug-likeness (QED) is 0.720. The predicted molar refractivity (Wildman–Crippen MR) is 69.8 cm³/mol. The maximum atomic E-state index is 12.2. The molecule has 0 unspecified atom stereocenters. The van der Waals surface area contributed by atoms with E-state index in [9.17, 15) is 4.79 Å². The van der Waals surface area contributed by atoms with Gasteiger partial charge in [0.15, 0.2) is 5.78 Å². The predicted octanol–water partition coefficient (Wildman–Crippen LogP) is 3.45. The molecule has 1 aliphatic heterocycles. The van der Waals surface area contributed by atoms with Gasteiger partial charge in [0.05, 0.1) is 11.6 Å². The molecule has 0 radical (unpaired) electrons. The van der Waals surface area contributed by atoms with Gasteiger partial charge in [0.1, 0.15) is 0 Å². The highest BCUT2D eigenvalue weighted by Gasteiger charge is 2.21. The second-order valence-electron chi connectivity index (χ2n) is 4.09. The number of nitrogens with zero attached hydrogens (tertiary/aromatic N) is 1. The molecular weight excluding hydrogens is 242 g/mol. The maximum absolute atomic E-state index is 12.2. The van der Waals surface area contributed by atoms with Crippen LogP contribution in [0.3, 0.4) is 0 Å². The summed E-state index contributed by atoms with van der Waals surface area (Å²) in [4.78, 5) is 14.2. The van der Waals surface area contributed by atoms with Gasteiger partial charge >= 0.3 is 0 Å². The van der Waals surface area contributed by atoms with Crippen molar-refractivity contribution < 1.29 is 4.79 Å². The lowest BCUT2D eigenvalue weighted by Crippen LogP contribution is -2.04. The molecule has 18 heavy (non-hydrogen) atoms. The summed E-state index contributed by atoms with van der Waals surface area (Å²) in [5, 5.41) is 9.12. The highest BCUT2D eigenvalue weighted by molar-refractivity contribution is 7.99. The summed E-state index contributed by atoms with van der Waals surface area (Å²) in [5.74, 6) is 0.0829. The number of carbonyl (C=O) groups excluding carboxylic acids is 1. The smallest absolute Gasteiger partial charge is 0.168 e. The summed E-state index contributed by atoms with van der Waals surface area (Å²) in [7, 11) is 0. The van der Waals surface area contributed by atoms with Gasteiger partial charge in [-0.1, -0.05) is 36.0 Å². The van der Waals surface area contributed by atoms with E-state index in [2.05, 4.69) is 6.07 Å². The third kappa shape index (κ3) is 1.71. The number of hydrogen-bond acceptors (Lipinski definition) is 3. The monoisotopic (exact) mass is 251 g/mol. The summed E-state index contributed by atoms with van der Waals surface area (Å²) in [5.41, 5.74) is 2.20. The first kappa shape index (κ1) is 11.1. The Labute approximate surface area is 109 Å². The lowest BCUT2D eigenvalue weighted by Gasteiger charge is -2.05. The van der Waals surface area contributed by atoms with E-state index in [1.807, 2.05) is 36.4 Å². The van der Waals surface area contributed by atoms with Gasteiger partial charge in [-0.3, -0.25) is 4.79 Å². The fraction of sp³-hybridized carbons (Fsp3) is 0.0667. The highest BCUT2D eigenvalue weighted by atomic mass is 32.2. The van der Waals surface area contributed by atoms with Crippen LogP contribution in [0.2, 0.25) is 0 Å². The van der Waals surface area contributed by atoms with Gasteiger partial charge < -0.3 is 0 Å². The van der Waals surface area contributed by atoms with Crippen molar-refractivity contribution in [2.24, 2.45) is 0 Å². The first-order valence-electron chi connectivity index (χ1n) is 5.61. The van der Waals surface area contributed by atoms with E-state index >= 15 is 0 Å². The number of hydrogen-bond donors (Lipinski definition) is 0. The summed E-state index contributed by atoms with van der Waals surface area (Å²) in [6, 6.07) is 15.4. The molecule has 0 bridgehead atoms. The molecule has 0 saturated carbocycles. The molecule has 0 atom stereocenters. The SMILES string of the molecule is N#Cc1cccc2c1CC(=O)c1ccccc1S2. The van der Waals surface area contributed by atoms with E-state index in [1.165, 1.54) is 0 Å². The largest absolute Gasteiger partial charge is 0.294 e. The van der Waals surface area contributed by atoms with Gasteiger partial charge in [-0.05, 0) is 23.8 Å². The van der Waals surface area contributed by atoms with E-state index in [-0.39, 0.29) is 5.78 Å². The third-order valence-corrected chi connectivity index (χ3v) is 4.18. The number of benzene rings is 2. The Morgan fingerprint density at radius 1 is 1.06 bits per heavy atom. The van der Waals surface area contributed by atoms with Crippen LogP contribution < -0.4 is 0 Å². The minimum absolute atomic E-state index is 0.0829. The van der Waals surface area contributed by atoms with Crippen molar-refractivity contribution in [1.82, 2.24) is 0 Å². The minimum Gasteiger partial charge on any atom is -0.294 e. The Morgan fingerprint density at radius 3 is 2.67 bits per heavy atom. The number of Topliss-reactive ketones (excluding diaryl/α,β-unsaturated/α-hetero) is 1. The number of fused-ring (bicyclic) bond motifs is 2. The van der Waals surface area contributed by atoms with E-state index in [0.717, 1.165) is 20.9 Å². The molecule has 3 rings (SSSR count). The van der Waals surface area contributed by atoms with Crippen molar-refractivity contribution in [3.05, 3.63) is 59.2 Å². The van der Waals surface area contributed by atoms with Crippen LogP contribution in [0.1, 0.15) is 21.5 Å². The molecule has 0 aliphatic carbocycles. The van der Waals surface area contributed by atoms with Crippen LogP contribution in [0.25, 0.3) is 0 Å². The van der Waals surface area contributed by atoms with Crippen molar-refractivity contribution in [3.8, 4) is 6.07 Å².